The van der Waals surface area contributed by atoms with Gasteiger partial charge in [-0.2, -0.15) is 0 Å². The van der Waals surface area contributed by atoms with Crippen LogP contribution in [-0.4, -0.2) is 41.5 Å². The summed E-state index contributed by atoms with van der Waals surface area (Å²) in [6.45, 7) is 3.48. The highest BCUT2D eigenvalue weighted by atomic mass is 16.4. The van der Waals surface area contributed by atoms with Crippen molar-refractivity contribution in [1.82, 2.24) is 10.2 Å². The van der Waals surface area contributed by atoms with Gasteiger partial charge in [-0.25, -0.2) is 0 Å². The molecule has 0 radical (unpaired) electrons. The first-order valence-corrected chi connectivity index (χ1v) is 7.93. The predicted molar refractivity (Wildman–Crippen MR) is 82.4 cm³/mol. The predicted octanol–water partition coefficient (Wildman–Crippen LogP) is 1.42. The molecule has 1 aliphatic heterocycles. The number of carbonyl (C=O) groups is 2. The van der Waals surface area contributed by atoms with Gasteiger partial charge in [0.1, 0.15) is 5.41 Å². The van der Waals surface area contributed by atoms with Crippen LogP contribution >= 0.6 is 0 Å². The molecule has 2 N–H and O–H groups in total. The summed E-state index contributed by atoms with van der Waals surface area (Å²) in [6.07, 6.45) is 2.86. The topological polar surface area (TPSA) is 69.6 Å². The van der Waals surface area contributed by atoms with E-state index in [9.17, 15) is 9.59 Å². The van der Waals surface area contributed by atoms with Gasteiger partial charge in [0.2, 0.25) is 5.91 Å². The lowest BCUT2D eigenvalue weighted by Gasteiger charge is -2.28. The molecule has 1 aliphatic carbocycles. The fourth-order valence-electron chi connectivity index (χ4n) is 3.08. The smallest absolute Gasteiger partial charge is 0.319 e. The maximum atomic E-state index is 11.9. The summed E-state index contributed by atoms with van der Waals surface area (Å²) < 4.78 is 0. The van der Waals surface area contributed by atoms with Crippen LogP contribution in [0.15, 0.2) is 24.3 Å². The van der Waals surface area contributed by atoms with Crippen molar-refractivity contribution in [2.45, 2.75) is 32.2 Å². The van der Waals surface area contributed by atoms with E-state index >= 15 is 0 Å². The van der Waals surface area contributed by atoms with E-state index in [1.54, 1.807) is 0 Å². The van der Waals surface area contributed by atoms with Crippen LogP contribution in [0.5, 0.6) is 0 Å². The van der Waals surface area contributed by atoms with Crippen LogP contribution in [0, 0.1) is 5.41 Å². The van der Waals surface area contributed by atoms with Crippen molar-refractivity contribution in [1.29, 1.82) is 0 Å². The summed E-state index contributed by atoms with van der Waals surface area (Å²) in [7, 11) is 0. The molecule has 0 saturated heterocycles. The highest BCUT2D eigenvalue weighted by molar-refractivity contribution is 6.04. The zero-order valence-corrected chi connectivity index (χ0v) is 12.7. The third kappa shape index (κ3) is 2.99. The summed E-state index contributed by atoms with van der Waals surface area (Å²) in [5.74, 6) is -1.30. The number of nitrogens with one attached hydrogen (secondary N) is 1. The number of carbonyl (C=O) groups excluding carboxylic acids is 1. The van der Waals surface area contributed by atoms with E-state index < -0.39 is 11.4 Å². The molecule has 1 fully saturated rings. The lowest BCUT2D eigenvalue weighted by atomic mass is 10.00. The van der Waals surface area contributed by atoms with Gasteiger partial charge in [0.05, 0.1) is 0 Å². The number of fused-ring (bicyclic) bond motifs is 1. The largest absolute Gasteiger partial charge is 0.480 e. The average Bonchev–Trinajstić information content (AvgIpc) is 3.33. The number of rotatable bonds is 6. The lowest BCUT2D eigenvalue weighted by Crippen LogP contribution is -2.39. The molecule has 1 saturated carbocycles. The first kappa shape index (κ1) is 15.0. The van der Waals surface area contributed by atoms with E-state index in [-0.39, 0.29) is 5.91 Å². The van der Waals surface area contributed by atoms with Gasteiger partial charge in [-0.15, -0.1) is 0 Å². The Morgan fingerprint density at radius 1 is 1.23 bits per heavy atom. The number of hydrogen-bond donors (Lipinski definition) is 2. The first-order chi connectivity index (χ1) is 10.6. The van der Waals surface area contributed by atoms with Crippen molar-refractivity contribution in [3.8, 4) is 0 Å². The minimum absolute atomic E-state index is 0.316. The van der Waals surface area contributed by atoms with Crippen LogP contribution in [0.25, 0.3) is 0 Å². The SMILES string of the molecule is O=C(O)C1(C(=O)NCCCN2CCc3ccccc3C2)CC1. The molecule has 0 spiro atoms. The van der Waals surface area contributed by atoms with Crippen molar-refractivity contribution in [2.24, 2.45) is 5.41 Å². The molecular formula is C17H22N2O3. The number of nitrogens with zero attached hydrogens (tertiary/aromatic N) is 1. The number of carboxylic acids is 1. The van der Waals surface area contributed by atoms with Crippen LogP contribution in [0.1, 0.15) is 30.4 Å². The molecule has 2 aliphatic rings. The van der Waals surface area contributed by atoms with Crippen molar-refractivity contribution in [2.75, 3.05) is 19.6 Å². The molecule has 3 rings (SSSR count). The van der Waals surface area contributed by atoms with E-state index in [1.165, 1.54) is 11.1 Å². The number of hydrogen-bond acceptors (Lipinski definition) is 3. The second kappa shape index (κ2) is 6.08. The van der Waals surface area contributed by atoms with Gasteiger partial charge in [-0.05, 0) is 36.8 Å². The number of benzene rings is 1. The Kier molecular flexibility index (Phi) is 4.16. The van der Waals surface area contributed by atoms with Gasteiger partial charge in [0.15, 0.2) is 0 Å². The molecule has 5 nitrogen and oxygen atoms in total. The van der Waals surface area contributed by atoms with Crippen molar-refractivity contribution in [3.63, 3.8) is 0 Å². The summed E-state index contributed by atoms with van der Waals surface area (Å²) in [5, 5.41) is 11.8. The van der Waals surface area contributed by atoms with E-state index in [0.29, 0.717) is 19.4 Å². The van der Waals surface area contributed by atoms with Gasteiger partial charge in [0, 0.05) is 26.2 Å². The Morgan fingerprint density at radius 3 is 2.64 bits per heavy atom. The molecule has 0 atom stereocenters. The molecular weight excluding hydrogens is 280 g/mol. The lowest BCUT2D eigenvalue weighted by molar-refractivity contribution is -0.149. The molecule has 1 aromatic carbocycles. The molecule has 5 heteroatoms. The van der Waals surface area contributed by atoms with Crippen molar-refractivity contribution >= 4 is 11.9 Å². The standard InChI is InChI=1S/C17H22N2O3/c20-15(17(7-8-17)16(21)22)18-9-3-10-19-11-6-13-4-1-2-5-14(13)12-19/h1-2,4-5H,3,6-12H2,(H,18,20)(H,21,22). The maximum absolute atomic E-state index is 11.9. The maximum Gasteiger partial charge on any atom is 0.319 e. The quantitative estimate of drug-likeness (QED) is 0.616. The normalized spacial score (nSPS) is 19.3. The third-order valence-corrected chi connectivity index (χ3v) is 4.74. The molecule has 1 amide bonds. The van der Waals surface area contributed by atoms with Gasteiger partial charge in [-0.1, -0.05) is 24.3 Å². The van der Waals surface area contributed by atoms with Crippen LogP contribution in [0.2, 0.25) is 0 Å². The third-order valence-electron chi connectivity index (χ3n) is 4.74. The summed E-state index contributed by atoms with van der Waals surface area (Å²) in [5.41, 5.74) is 1.70. The Bertz CT molecular complexity index is 581. The van der Waals surface area contributed by atoms with Gasteiger partial charge in [-0.3, -0.25) is 14.5 Å². The van der Waals surface area contributed by atoms with Crippen molar-refractivity contribution < 1.29 is 14.7 Å². The highest BCUT2D eigenvalue weighted by Gasteiger charge is 2.56. The minimum Gasteiger partial charge on any atom is -0.480 e. The Morgan fingerprint density at radius 2 is 1.95 bits per heavy atom. The van der Waals surface area contributed by atoms with E-state index in [1.807, 2.05) is 0 Å². The van der Waals surface area contributed by atoms with Crippen LogP contribution < -0.4 is 5.32 Å². The molecule has 118 valence electrons. The van der Waals surface area contributed by atoms with Crippen LogP contribution in [0.3, 0.4) is 0 Å². The monoisotopic (exact) mass is 302 g/mol. The van der Waals surface area contributed by atoms with Gasteiger partial charge >= 0.3 is 5.97 Å². The Labute approximate surface area is 130 Å². The molecule has 0 unspecified atom stereocenters. The number of carboxylic acid groups (broad SMARTS) is 1. The van der Waals surface area contributed by atoms with E-state index in [2.05, 4.69) is 34.5 Å². The second-order valence-corrected chi connectivity index (χ2v) is 6.29. The molecule has 1 aromatic rings. The van der Waals surface area contributed by atoms with Gasteiger partial charge < -0.3 is 10.4 Å². The summed E-state index contributed by atoms with van der Waals surface area (Å²) in [4.78, 5) is 25.3. The molecule has 1 heterocycles. The Balaban J connectivity index is 1.40. The van der Waals surface area contributed by atoms with Crippen molar-refractivity contribution in [3.05, 3.63) is 35.4 Å². The molecule has 0 bridgehead atoms. The van der Waals surface area contributed by atoms with E-state index in [4.69, 9.17) is 5.11 Å². The fraction of sp³-hybridized carbons (Fsp3) is 0.529. The van der Waals surface area contributed by atoms with Crippen LogP contribution in [-0.2, 0) is 22.6 Å². The van der Waals surface area contributed by atoms with Gasteiger partial charge in [0.25, 0.3) is 0 Å². The zero-order chi connectivity index (χ0) is 15.6. The number of amides is 1. The molecule has 0 aromatic heterocycles. The first-order valence-electron chi connectivity index (χ1n) is 7.93. The highest BCUT2D eigenvalue weighted by Crippen LogP contribution is 2.46. The number of aliphatic carboxylic acids is 1. The van der Waals surface area contributed by atoms with Crippen LogP contribution in [0.4, 0.5) is 0 Å². The fourth-order valence-corrected chi connectivity index (χ4v) is 3.08. The van der Waals surface area contributed by atoms with E-state index in [0.717, 1.165) is 32.5 Å². The Hall–Kier alpha value is -1.88. The average molecular weight is 302 g/mol. The summed E-state index contributed by atoms with van der Waals surface area (Å²) in [6, 6.07) is 8.52. The summed E-state index contributed by atoms with van der Waals surface area (Å²) >= 11 is 0. The zero-order valence-electron chi connectivity index (χ0n) is 12.7. The second-order valence-electron chi connectivity index (χ2n) is 6.29. The minimum atomic E-state index is -1.12. The molecule has 22 heavy (non-hydrogen) atoms.